The first-order valence-electron chi connectivity index (χ1n) is 10.9. The van der Waals surface area contributed by atoms with Crippen molar-refractivity contribution in [2.24, 2.45) is 0 Å². The van der Waals surface area contributed by atoms with E-state index in [-0.39, 0.29) is 12.6 Å². The average Bonchev–Trinajstić information content (AvgIpc) is 2.46. The second-order valence-electron chi connectivity index (χ2n) is 10.4. The average molecular weight is 515 g/mol. The third-order valence-corrected chi connectivity index (χ3v) is 18.3. The second-order valence-corrected chi connectivity index (χ2v) is 28.1. The molecule has 0 aliphatic rings. The van der Waals surface area contributed by atoms with Gasteiger partial charge >= 0.3 is 23.1 Å². The number of hydrogen-bond acceptors (Lipinski definition) is 7. The van der Waals surface area contributed by atoms with E-state index < -0.39 is 39.9 Å². The van der Waals surface area contributed by atoms with E-state index in [1.165, 1.54) is 0 Å². The quantitative estimate of drug-likeness (QED) is 0.170. The third-order valence-electron chi connectivity index (χ3n) is 3.64. The Labute approximate surface area is 193 Å². The lowest BCUT2D eigenvalue weighted by molar-refractivity contribution is -0.145. The van der Waals surface area contributed by atoms with Crippen LogP contribution in [0.2, 0.25) is 65.0 Å². The largest absolute Gasteiger partial charge is 0.463 e. The van der Waals surface area contributed by atoms with Crippen LogP contribution >= 0.6 is 11.8 Å². The first-order valence-corrected chi connectivity index (χ1v) is 24.3. The van der Waals surface area contributed by atoms with Gasteiger partial charge in [-0.1, -0.05) is 6.42 Å². The van der Waals surface area contributed by atoms with E-state index in [2.05, 4.69) is 58.9 Å². The smallest absolute Gasteiger partial charge is 0.315 e. The molecule has 0 saturated heterocycles. The molecule has 0 fully saturated rings. The van der Waals surface area contributed by atoms with Gasteiger partial charge < -0.3 is 22.2 Å². The standard InChI is InChI=1S/C19H46O6SSi4/c1-18(20)17-22-19(21)13-15-26-14-11-12-16-30(10,24-28(5,6)7)25-29(8,9)23-27(2,3)4/h18,20H,11-17H2,1-10H3. The van der Waals surface area contributed by atoms with Crippen molar-refractivity contribution >= 4 is 51.5 Å². The van der Waals surface area contributed by atoms with Crippen LogP contribution in [0.1, 0.15) is 26.2 Å². The van der Waals surface area contributed by atoms with Crippen molar-refractivity contribution in [1.82, 2.24) is 0 Å². The SMILES string of the molecule is CC(O)COC(=O)CCSCCCC[Si](C)(O[Si](C)(C)C)O[Si](C)(C)O[Si](C)(C)C. The molecule has 0 aromatic heterocycles. The maximum absolute atomic E-state index is 11.6. The molecular weight excluding hydrogens is 469 g/mol. The van der Waals surface area contributed by atoms with E-state index in [4.69, 9.17) is 22.2 Å². The lowest BCUT2D eigenvalue weighted by Gasteiger charge is -2.41. The molecule has 0 aromatic carbocycles. The maximum Gasteiger partial charge on any atom is 0.315 e. The number of aliphatic hydroxyl groups is 1. The highest BCUT2D eigenvalue weighted by Crippen LogP contribution is 2.28. The van der Waals surface area contributed by atoms with Crippen molar-refractivity contribution < 1.29 is 27.0 Å². The summed E-state index contributed by atoms with van der Waals surface area (Å²) in [5.41, 5.74) is 0. The summed E-state index contributed by atoms with van der Waals surface area (Å²) in [6.45, 7) is 21.5. The molecule has 6 nitrogen and oxygen atoms in total. The first kappa shape index (κ1) is 30.5. The number of thioether (sulfide) groups is 1. The van der Waals surface area contributed by atoms with Gasteiger partial charge in [-0.15, -0.1) is 0 Å². The Morgan fingerprint density at radius 3 is 1.93 bits per heavy atom. The Hall–Kier alpha value is 0.528. The van der Waals surface area contributed by atoms with Crippen molar-refractivity contribution in [3.05, 3.63) is 0 Å². The minimum atomic E-state index is -2.31. The highest BCUT2D eigenvalue weighted by molar-refractivity contribution is 7.99. The lowest BCUT2D eigenvalue weighted by Crippen LogP contribution is -2.56. The summed E-state index contributed by atoms with van der Waals surface area (Å²) >= 11 is 1.77. The van der Waals surface area contributed by atoms with Crippen molar-refractivity contribution in [3.8, 4) is 0 Å². The summed E-state index contributed by atoms with van der Waals surface area (Å²) in [7, 11) is -7.94. The molecule has 0 amide bonds. The summed E-state index contributed by atoms with van der Waals surface area (Å²) in [6, 6.07) is 0.972. The number of carbonyl (C=O) groups excluding carboxylic acids is 1. The highest BCUT2D eigenvalue weighted by atomic mass is 32.2. The van der Waals surface area contributed by atoms with Crippen LogP contribution in [-0.4, -0.2) is 69.0 Å². The van der Waals surface area contributed by atoms with Crippen LogP contribution in [0.25, 0.3) is 0 Å². The van der Waals surface area contributed by atoms with Gasteiger partial charge in [0.05, 0.1) is 12.5 Å². The Bertz CT molecular complexity index is 508. The molecule has 0 aromatic rings. The van der Waals surface area contributed by atoms with Gasteiger partial charge in [0.2, 0.25) is 0 Å². The van der Waals surface area contributed by atoms with Crippen molar-refractivity contribution in [3.63, 3.8) is 0 Å². The number of esters is 1. The maximum atomic E-state index is 11.6. The topological polar surface area (TPSA) is 74.2 Å². The molecule has 0 aliphatic carbocycles. The van der Waals surface area contributed by atoms with E-state index >= 15 is 0 Å². The summed E-state index contributed by atoms with van der Waals surface area (Å²) in [5, 5.41) is 9.13. The Balaban J connectivity index is 4.46. The minimum Gasteiger partial charge on any atom is -0.463 e. The highest BCUT2D eigenvalue weighted by Gasteiger charge is 2.44. The van der Waals surface area contributed by atoms with Crippen LogP contribution in [-0.2, 0) is 21.9 Å². The summed E-state index contributed by atoms with van der Waals surface area (Å²) in [4.78, 5) is 11.6. The molecule has 0 heterocycles. The Kier molecular flexibility index (Phi) is 13.5. The van der Waals surface area contributed by atoms with Crippen LogP contribution < -0.4 is 0 Å². The van der Waals surface area contributed by atoms with Crippen LogP contribution in [0, 0.1) is 0 Å². The Morgan fingerprint density at radius 1 is 0.867 bits per heavy atom. The molecular formula is C19H46O6SSi4. The fourth-order valence-electron chi connectivity index (χ4n) is 3.24. The normalized spacial score (nSPS) is 16.2. The van der Waals surface area contributed by atoms with Gasteiger partial charge in [-0.25, -0.2) is 0 Å². The predicted octanol–water partition coefficient (Wildman–Crippen LogP) is 5.31. The van der Waals surface area contributed by atoms with Crippen molar-refractivity contribution in [2.75, 3.05) is 18.1 Å². The molecule has 0 rings (SSSR count). The number of unbranched alkanes of at least 4 members (excludes halogenated alkanes) is 1. The van der Waals surface area contributed by atoms with Crippen molar-refractivity contribution in [1.29, 1.82) is 0 Å². The fourth-order valence-corrected chi connectivity index (χ4v) is 22.2. The summed E-state index contributed by atoms with van der Waals surface area (Å²) in [6.07, 6.45) is 1.92. The lowest BCUT2D eigenvalue weighted by atomic mass is 10.4. The van der Waals surface area contributed by atoms with Gasteiger partial charge in [0.15, 0.2) is 16.6 Å². The molecule has 0 radical (unpaired) electrons. The number of ether oxygens (including phenoxy) is 1. The van der Waals surface area contributed by atoms with E-state index in [0.717, 1.165) is 30.4 Å². The van der Waals surface area contributed by atoms with E-state index in [1.807, 2.05) is 0 Å². The number of carbonyl (C=O) groups is 1. The van der Waals surface area contributed by atoms with Gasteiger partial charge in [0.25, 0.3) is 0 Å². The van der Waals surface area contributed by atoms with E-state index in [9.17, 15) is 4.79 Å². The minimum absolute atomic E-state index is 0.0743. The third kappa shape index (κ3) is 18.1. The molecule has 180 valence electrons. The van der Waals surface area contributed by atoms with E-state index in [1.54, 1.807) is 18.7 Å². The molecule has 0 bridgehead atoms. The number of rotatable bonds is 16. The molecule has 0 spiro atoms. The fraction of sp³-hybridized carbons (Fsp3) is 0.947. The zero-order valence-corrected chi connectivity index (χ0v) is 25.7. The predicted molar refractivity (Wildman–Crippen MR) is 138 cm³/mol. The zero-order valence-electron chi connectivity index (χ0n) is 20.9. The molecule has 1 N–H and O–H groups in total. The van der Waals surface area contributed by atoms with Crippen LogP contribution in [0.3, 0.4) is 0 Å². The van der Waals surface area contributed by atoms with Crippen LogP contribution in [0.4, 0.5) is 0 Å². The number of hydrogen-bond donors (Lipinski definition) is 1. The monoisotopic (exact) mass is 514 g/mol. The van der Waals surface area contributed by atoms with Gasteiger partial charge in [-0.2, -0.15) is 11.8 Å². The van der Waals surface area contributed by atoms with Gasteiger partial charge in [0.1, 0.15) is 6.61 Å². The van der Waals surface area contributed by atoms with Crippen LogP contribution in [0.15, 0.2) is 0 Å². The molecule has 0 saturated carbocycles. The molecule has 2 atom stereocenters. The summed E-state index contributed by atoms with van der Waals surface area (Å²) < 4.78 is 24.7. The Morgan fingerprint density at radius 2 is 1.43 bits per heavy atom. The van der Waals surface area contributed by atoms with Gasteiger partial charge in [0, 0.05) is 5.75 Å². The van der Waals surface area contributed by atoms with Crippen LogP contribution in [0.5, 0.6) is 0 Å². The van der Waals surface area contributed by atoms with E-state index in [0.29, 0.717) is 6.42 Å². The second kappa shape index (κ2) is 13.3. The molecule has 11 heteroatoms. The van der Waals surface area contributed by atoms with Crippen molar-refractivity contribution in [2.45, 2.75) is 97.3 Å². The molecule has 2 unspecified atom stereocenters. The molecule has 30 heavy (non-hydrogen) atoms. The summed E-state index contributed by atoms with van der Waals surface area (Å²) in [5.74, 6) is 1.52. The first-order chi connectivity index (χ1) is 13.4. The van der Waals surface area contributed by atoms with Gasteiger partial charge in [-0.3, -0.25) is 4.79 Å². The zero-order chi connectivity index (χ0) is 23.6. The van der Waals surface area contributed by atoms with Gasteiger partial charge in [-0.05, 0) is 84.1 Å². The number of aliphatic hydroxyl groups excluding tert-OH is 1. The molecule has 0 aliphatic heterocycles.